The molecule has 0 aliphatic carbocycles. The fraction of sp³-hybridized carbons (Fsp3) is 0.294. The van der Waals surface area contributed by atoms with Gasteiger partial charge in [0.05, 0.1) is 11.0 Å². The fourth-order valence-corrected chi connectivity index (χ4v) is 3.21. The fourth-order valence-electron chi connectivity index (χ4n) is 3.21. The van der Waals surface area contributed by atoms with Gasteiger partial charge < -0.3 is 19.3 Å². The zero-order valence-corrected chi connectivity index (χ0v) is 12.9. The Morgan fingerprint density at radius 2 is 1.88 bits per heavy atom. The van der Waals surface area contributed by atoms with Gasteiger partial charge in [-0.3, -0.25) is 10.1 Å². The van der Waals surface area contributed by atoms with E-state index >= 15 is 0 Å². The van der Waals surface area contributed by atoms with Crippen LogP contribution in [0.1, 0.15) is 23.6 Å². The molecule has 1 N–H and O–H groups in total. The molecule has 2 aliphatic rings. The highest BCUT2D eigenvalue weighted by Gasteiger charge is 2.42. The molecule has 7 heteroatoms. The maximum atomic E-state index is 11.2. The van der Waals surface area contributed by atoms with E-state index in [4.69, 9.17) is 14.2 Å². The van der Waals surface area contributed by atoms with Crippen LogP contribution in [0.15, 0.2) is 36.4 Å². The number of nitro groups is 1. The first-order valence-electron chi connectivity index (χ1n) is 7.55. The molecule has 0 amide bonds. The highest BCUT2D eigenvalue weighted by molar-refractivity contribution is 5.53. The van der Waals surface area contributed by atoms with Gasteiger partial charge in [0.25, 0.3) is 5.69 Å². The van der Waals surface area contributed by atoms with Crippen LogP contribution in [0, 0.1) is 10.1 Å². The number of rotatable bonds is 2. The molecular weight excluding hydrogens is 314 g/mol. The van der Waals surface area contributed by atoms with Gasteiger partial charge in [-0.2, -0.15) is 0 Å². The molecule has 124 valence electrons. The Labute approximate surface area is 137 Å². The quantitative estimate of drug-likeness (QED) is 0.672. The molecule has 2 atom stereocenters. The summed E-state index contributed by atoms with van der Waals surface area (Å²) in [7, 11) is 0. The molecule has 0 spiro atoms. The summed E-state index contributed by atoms with van der Waals surface area (Å²) >= 11 is 0. The van der Waals surface area contributed by atoms with E-state index in [0.29, 0.717) is 29.0 Å². The van der Waals surface area contributed by atoms with Gasteiger partial charge in [0.15, 0.2) is 11.5 Å². The normalized spacial score (nSPS) is 24.5. The lowest BCUT2D eigenvalue weighted by Gasteiger charge is -2.38. The van der Waals surface area contributed by atoms with Crippen molar-refractivity contribution in [2.75, 3.05) is 6.79 Å². The minimum atomic E-state index is -1.69. The lowest BCUT2D eigenvalue weighted by Crippen LogP contribution is -2.40. The molecule has 2 unspecified atom stereocenters. The van der Waals surface area contributed by atoms with Crippen LogP contribution >= 0.6 is 0 Å². The number of hydrogen-bond donors (Lipinski definition) is 1. The van der Waals surface area contributed by atoms with E-state index < -0.39 is 10.7 Å². The number of nitrogens with zero attached hydrogens (tertiary/aromatic N) is 1. The molecule has 0 fully saturated rings. The van der Waals surface area contributed by atoms with E-state index in [0.717, 1.165) is 5.56 Å². The minimum Gasteiger partial charge on any atom is -0.454 e. The van der Waals surface area contributed by atoms with Crippen molar-refractivity contribution < 1.29 is 24.2 Å². The number of non-ortho nitro benzene ring substituents is 1. The van der Waals surface area contributed by atoms with E-state index in [-0.39, 0.29) is 18.6 Å². The van der Waals surface area contributed by atoms with Crippen LogP contribution < -0.4 is 9.47 Å². The van der Waals surface area contributed by atoms with Gasteiger partial charge in [-0.25, -0.2) is 0 Å². The molecule has 0 saturated carbocycles. The molecule has 0 bridgehead atoms. The molecular formula is C17H15NO6. The number of hydrogen-bond acceptors (Lipinski definition) is 6. The van der Waals surface area contributed by atoms with Crippen molar-refractivity contribution in [3.8, 4) is 11.5 Å². The van der Waals surface area contributed by atoms with Crippen LogP contribution in [0.3, 0.4) is 0 Å². The summed E-state index contributed by atoms with van der Waals surface area (Å²) < 4.78 is 16.6. The number of fused-ring (bicyclic) bond motifs is 2. The van der Waals surface area contributed by atoms with Crippen LogP contribution in [0.2, 0.25) is 0 Å². The Morgan fingerprint density at radius 1 is 1.21 bits per heavy atom. The molecule has 24 heavy (non-hydrogen) atoms. The van der Waals surface area contributed by atoms with E-state index in [1.165, 1.54) is 24.3 Å². The van der Waals surface area contributed by atoms with Crippen molar-refractivity contribution in [2.24, 2.45) is 0 Å². The predicted molar refractivity (Wildman–Crippen MR) is 82.9 cm³/mol. The average Bonchev–Trinajstić information content (AvgIpc) is 3.00. The van der Waals surface area contributed by atoms with Crippen molar-refractivity contribution in [1.82, 2.24) is 0 Å². The SMILES string of the molecule is CC1Cc2cc3c(cc2C(O)(c2ccc([N+](=O)[O-])cc2)O1)OCO3. The average molecular weight is 329 g/mol. The summed E-state index contributed by atoms with van der Waals surface area (Å²) in [5.74, 6) is -0.496. The second-order valence-electron chi connectivity index (χ2n) is 5.94. The van der Waals surface area contributed by atoms with Crippen molar-refractivity contribution >= 4 is 5.69 Å². The largest absolute Gasteiger partial charge is 0.454 e. The van der Waals surface area contributed by atoms with Gasteiger partial charge in [0, 0.05) is 23.3 Å². The van der Waals surface area contributed by atoms with Gasteiger partial charge in [0.1, 0.15) is 0 Å². The van der Waals surface area contributed by atoms with E-state index in [2.05, 4.69) is 0 Å². The summed E-state index contributed by atoms with van der Waals surface area (Å²) in [6.07, 6.45) is 0.402. The Hall–Kier alpha value is -2.64. The molecule has 2 heterocycles. The summed E-state index contributed by atoms with van der Waals surface area (Å²) in [4.78, 5) is 10.3. The van der Waals surface area contributed by atoms with Gasteiger partial charge in [0.2, 0.25) is 12.6 Å². The van der Waals surface area contributed by atoms with Crippen LogP contribution in [0.25, 0.3) is 0 Å². The van der Waals surface area contributed by atoms with Gasteiger partial charge in [-0.05, 0) is 43.2 Å². The Bertz CT molecular complexity index is 819. The number of nitro benzene ring substituents is 1. The summed E-state index contributed by atoms with van der Waals surface area (Å²) in [6.45, 7) is 2.01. The van der Waals surface area contributed by atoms with Crippen LogP contribution in [0.4, 0.5) is 5.69 Å². The first-order valence-corrected chi connectivity index (χ1v) is 7.55. The van der Waals surface area contributed by atoms with Crippen LogP contribution in [-0.4, -0.2) is 22.9 Å². The van der Waals surface area contributed by atoms with Crippen molar-refractivity contribution in [1.29, 1.82) is 0 Å². The topological polar surface area (TPSA) is 91.1 Å². The van der Waals surface area contributed by atoms with E-state index in [9.17, 15) is 15.2 Å². The molecule has 4 rings (SSSR count). The van der Waals surface area contributed by atoms with Crippen LogP contribution in [-0.2, 0) is 16.9 Å². The second kappa shape index (κ2) is 5.19. The maximum absolute atomic E-state index is 11.2. The molecule has 0 saturated heterocycles. The van der Waals surface area contributed by atoms with Crippen molar-refractivity contribution in [3.63, 3.8) is 0 Å². The molecule has 0 aromatic heterocycles. The molecule has 7 nitrogen and oxygen atoms in total. The predicted octanol–water partition coefficient (Wildman–Crippen LogP) is 2.48. The van der Waals surface area contributed by atoms with Gasteiger partial charge in [-0.1, -0.05) is 0 Å². The third-order valence-electron chi connectivity index (χ3n) is 4.31. The summed E-state index contributed by atoms with van der Waals surface area (Å²) in [5.41, 5.74) is 1.86. The monoisotopic (exact) mass is 329 g/mol. The Balaban J connectivity index is 1.84. The smallest absolute Gasteiger partial charge is 0.269 e. The second-order valence-corrected chi connectivity index (χ2v) is 5.94. The first-order chi connectivity index (χ1) is 11.5. The van der Waals surface area contributed by atoms with Crippen molar-refractivity contribution in [3.05, 3.63) is 63.2 Å². The van der Waals surface area contributed by atoms with Crippen molar-refractivity contribution in [2.45, 2.75) is 25.2 Å². The number of aliphatic hydroxyl groups is 1. The highest BCUT2D eigenvalue weighted by Crippen LogP contribution is 2.45. The Morgan fingerprint density at radius 3 is 2.54 bits per heavy atom. The third-order valence-corrected chi connectivity index (χ3v) is 4.31. The zero-order valence-electron chi connectivity index (χ0n) is 12.9. The third kappa shape index (κ3) is 2.21. The summed E-state index contributed by atoms with van der Waals surface area (Å²) in [5, 5.41) is 22.1. The van der Waals surface area contributed by atoms with Gasteiger partial charge >= 0.3 is 0 Å². The summed E-state index contributed by atoms with van der Waals surface area (Å²) in [6, 6.07) is 9.28. The Kier molecular flexibility index (Phi) is 3.22. The first kappa shape index (κ1) is 14.9. The molecule has 2 aromatic carbocycles. The van der Waals surface area contributed by atoms with Crippen LogP contribution in [0.5, 0.6) is 11.5 Å². The highest BCUT2D eigenvalue weighted by atomic mass is 16.7. The minimum absolute atomic E-state index is 0.0443. The lowest BCUT2D eigenvalue weighted by molar-refractivity contribution is -0.384. The molecule has 2 aliphatic heterocycles. The maximum Gasteiger partial charge on any atom is 0.269 e. The number of benzene rings is 2. The standard InChI is InChI=1S/C17H15NO6/c1-10-6-11-7-15-16(23-9-22-15)8-14(11)17(19,24-10)12-2-4-13(5-3-12)18(20)21/h2-5,7-8,10,19H,6,9H2,1H3. The lowest BCUT2D eigenvalue weighted by atomic mass is 9.87. The zero-order chi connectivity index (χ0) is 16.9. The number of ether oxygens (including phenoxy) is 3. The molecule has 0 radical (unpaired) electrons. The van der Waals surface area contributed by atoms with Gasteiger partial charge in [-0.15, -0.1) is 0 Å². The van der Waals surface area contributed by atoms with E-state index in [1.807, 2.05) is 13.0 Å². The van der Waals surface area contributed by atoms with E-state index in [1.54, 1.807) is 6.07 Å². The molecule has 2 aromatic rings.